The zero-order valence-electron chi connectivity index (χ0n) is 22.9. The molecule has 4 nitrogen and oxygen atoms in total. The van der Waals surface area contributed by atoms with E-state index < -0.39 is 6.10 Å². The van der Waals surface area contributed by atoms with Crippen LogP contribution in [0.2, 0.25) is 0 Å². The fraction of sp³-hybridized carbons (Fsp3) is 0.900. The van der Waals surface area contributed by atoms with Gasteiger partial charge in [0.05, 0.1) is 13.2 Å². The van der Waals surface area contributed by atoms with Crippen molar-refractivity contribution in [2.45, 2.75) is 155 Å². The Bertz CT molecular complexity index is 436. The molecule has 0 aromatic heterocycles. The van der Waals surface area contributed by atoms with Crippen molar-refractivity contribution in [3.05, 3.63) is 12.2 Å². The number of aliphatic hydroxyl groups is 1. The van der Waals surface area contributed by atoms with Gasteiger partial charge in [0.15, 0.2) is 0 Å². The van der Waals surface area contributed by atoms with Crippen molar-refractivity contribution in [2.24, 2.45) is 0 Å². The number of aliphatic hydroxyl groups excluding tert-OH is 1. The molecular weight excluding hydrogens is 424 g/mol. The van der Waals surface area contributed by atoms with Crippen molar-refractivity contribution in [3.8, 4) is 0 Å². The SMILES string of the molecule is CCCCCCC/C=C\CCCCCCCC(=O)OC(CO)COCCCCCCCCCC. The topological polar surface area (TPSA) is 55.8 Å². The minimum Gasteiger partial charge on any atom is -0.457 e. The Morgan fingerprint density at radius 1 is 0.676 bits per heavy atom. The molecule has 202 valence electrons. The summed E-state index contributed by atoms with van der Waals surface area (Å²) in [6.45, 7) is 5.30. The lowest BCUT2D eigenvalue weighted by Crippen LogP contribution is -2.27. The second-order valence-electron chi connectivity index (χ2n) is 9.82. The number of rotatable bonds is 27. The summed E-state index contributed by atoms with van der Waals surface area (Å²) in [7, 11) is 0. The standard InChI is InChI=1S/C30H58O4/c1-3-5-7-9-11-13-14-15-16-17-18-19-21-23-25-30(32)34-29(27-31)28-33-26-24-22-20-12-10-8-6-4-2/h14-15,29,31H,3-13,16-28H2,1-2H3/b15-14-. The summed E-state index contributed by atoms with van der Waals surface area (Å²) in [5.41, 5.74) is 0. The monoisotopic (exact) mass is 482 g/mol. The summed E-state index contributed by atoms with van der Waals surface area (Å²) >= 11 is 0. The first-order chi connectivity index (χ1) is 16.7. The fourth-order valence-electron chi connectivity index (χ4n) is 4.08. The summed E-state index contributed by atoms with van der Waals surface area (Å²) < 4.78 is 11.0. The zero-order chi connectivity index (χ0) is 25.0. The largest absolute Gasteiger partial charge is 0.457 e. The maximum Gasteiger partial charge on any atom is 0.306 e. The predicted molar refractivity (Wildman–Crippen MR) is 145 cm³/mol. The van der Waals surface area contributed by atoms with E-state index in [1.54, 1.807) is 0 Å². The molecule has 0 spiro atoms. The van der Waals surface area contributed by atoms with Crippen molar-refractivity contribution in [1.29, 1.82) is 0 Å². The first-order valence-corrected chi connectivity index (χ1v) is 14.8. The average Bonchev–Trinajstić information content (AvgIpc) is 2.84. The van der Waals surface area contributed by atoms with E-state index in [0.29, 0.717) is 19.6 Å². The summed E-state index contributed by atoms with van der Waals surface area (Å²) in [6, 6.07) is 0. The van der Waals surface area contributed by atoms with Gasteiger partial charge in [0.2, 0.25) is 0 Å². The second kappa shape index (κ2) is 28.4. The molecule has 0 saturated heterocycles. The Labute approximate surface area is 212 Å². The molecule has 0 aromatic rings. The number of hydrogen-bond donors (Lipinski definition) is 1. The van der Waals surface area contributed by atoms with E-state index in [2.05, 4.69) is 26.0 Å². The number of hydrogen-bond acceptors (Lipinski definition) is 4. The summed E-state index contributed by atoms with van der Waals surface area (Å²) in [5.74, 6) is -0.211. The van der Waals surface area contributed by atoms with Crippen molar-refractivity contribution >= 4 is 5.97 Å². The van der Waals surface area contributed by atoms with Gasteiger partial charge in [-0.2, -0.15) is 0 Å². The summed E-state index contributed by atoms with van der Waals surface area (Å²) in [6.07, 6.45) is 29.5. The Morgan fingerprint density at radius 3 is 1.68 bits per heavy atom. The molecule has 4 heteroatoms. The van der Waals surface area contributed by atoms with Crippen molar-refractivity contribution < 1.29 is 19.4 Å². The lowest BCUT2D eigenvalue weighted by atomic mass is 10.1. The van der Waals surface area contributed by atoms with Crippen LogP contribution in [0.4, 0.5) is 0 Å². The van der Waals surface area contributed by atoms with Gasteiger partial charge in [0.25, 0.3) is 0 Å². The van der Waals surface area contributed by atoms with Crippen LogP contribution in [0.25, 0.3) is 0 Å². The highest BCUT2D eigenvalue weighted by Crippen LogP contribution is 2.11. The van der Waals surface area contributed by atoms with Crippen molar-refractivity contribution in [1.82, 2.24) is 0 Å². The van der Waals surface area contributed by atoms with Gasteiger partial charge in [-0.25, -0.2) is 0 Å². The van der Waals surface area contributed by atoms with Crippen LogP contribution in [0.5, 0.6) is 0 Å². The van der Waals surface area contributed by atoms with Gasteiger partial charge in [-0.05, 0) is 38.5 Å². The molecule has 0 aliphatic rings. The van der Waals surface area contributed by atoms with Crippen LogP contribution in [0, 0.1) is 0 Å². The van der Waals surface area contributed by atoms with E-state index >= 15 is 0 Å². The van der Waals surface area contributed by atoms with E-state index in [0.717, 1.165) is 19.3 Å². The molecule has 0 amide bonds. The third kappa shape index (κ3) is 25.7. The molecule has 1 unspecified atom stereocenters. The van der Waals surface area contributed by atoms with Gasteiger partial charge in [0, 0.05) is 13.0 Å². The van der Waals surface area contributed by atoms with Crippen molar-refractivity contribution in [3.63, 3.8) is 0 Å². The average molecular weight is 483 g/mol. The highest BCUT2D eigenvalue weighted by atomic mass is 16.6. The molecule has 0 bridgehead atoms. The van der Waals surface area contributed by atoms with Gasteiger partial charge in [-0.3, -0.25) is 4.79 Å². The van der Waals surface area contributed by atoms with Gasteiger partial charge in [-0.15, -0.1) is 0 Å². The first-order valence-electron chi connectivity index (χ1n) is 14.8. The minimum absolute atomic E-state index is 0.171. The van der Waals surface area contributed by atoms with Crippen LogP contribution < -0.4 is 0 Å². The minimum atomic E-state index is -0.528. The normalized spacial score (nSPS) is 12.4. The maximum absolute atomic E-state index is 12.0. The van der Waals surface area contributed by atoms with Gasteiger partial charge in [-0.1, -0.05) is 116 Å². The Hall–Kier alpha value is -0.870. The number of esters is 1. The van der Waals surface area contributed by atoms with E-state index in [-0.39, 0.29) is 12.6 Å². The molecule has 1 atom stereocenters. The molecule has 0 saturated carbocycles. The first kappa shape index (κ1) is 33.1. The third-order valence-corrected chi connectivity index (χ3v) is 6.34. The highest BCUT2D eigenvalue weighted by molar-refractivity contribution is 5.69. The summed E-state index contributed by atoms with van der Waals surface area (Å²) in [5, 5.41) is 9.45. The quantitative estimate of drug-likeness (QED) is 0.0722. The maximum atomic E-state index is 12.0. The van der Waals surface area contributed by atoms with Gasteiger partial charge in [0.1, 0.15) is 6.10 Å². The molecule has 34 heavy (non-hydrogen) atoms. The molecule has 0 fully saturated rings. The molecule has 0 radical (unpaired) electrons. The Balaban J connectivity index is 3.47. The lowest BCUT2D eigenvalue weighted by molar-refractivity contribution is -0.154. The smallest absolute Gasteiger partial charge is 0.306 e. The van der Waals surface area contributed by atoms with E-state index in [9.17, 15) is 9.90 Å². The van der Waals surface area contributed by atoms with Crippen molar-refractivity contribution in [2.75, 3.05) is 19.8 Å². The van der Waals surface area contributed by atoms with Gasteiger partial charge >= 0.3 is 5.97 Å². The Kier molecular flexibility index (Phi) is 27.6. The molecule has 0 aliphatic carbocycles. The number of ether oxygens (including phenoxy) is 2. The molecular formula is C30H58O4. The zero-order valence-corrected chi connectivity index (χ0v) is 22.9. The number of carbonyl (C=O) groups excluding carboxylic acids is 1. The van der Waals surface area contributed by atoms with E-state index in [1.165, 1.54) is 109 Å². The van der Waals surface area contributed by atoms with E-state index in [1.807, 2.05) is 0 Å². The Morgan fingerprint density at radius 2 is 1.15 bits per heavy atom. The molecule has 0 aromatic carbocycles. The van der Waals surface area contributed by atoms with Gasteiger partial charge < -0.3 is 14.6 Å². The van der Waals surface area contributed by atoms with Crippen LogP contribution >= 0.6 is 0 Å². The number of unbranched alkanes of at least 4 members (excludes halogenated alkanes) is 17. The predicted octanol–water partition coefficient (Wildman–Crippen LogP) is 8.70. The second-order valence-corrected chi connectivity index (χ2v) is 9.82. The third-order valence-electron chi connectivity index (χ3n) is 6.34. The van der Waals surface area contributed by atoms with Crippen LogP contribution in [0.3, 0.4) is 0 Å². The van der Waals surface area contributed by atoms with Crippen LogP contribution in [0.15, 0.2) is 12.2 Å². The number of allylic oxidation sites excluding steroid dienone is 2. The fourth-order valence-corrected chi connectivity index (χ4v) is 4.08. The lowest BCUT2D eigenvalue weighted by Gasteiger charge is -2.15. The molecule has 0 rings (SSSR count). The highest BCUT2D eigenvalue weighted by Gasteiger charge is 2.13. The van der Waals surface area contributed by atoms with E-state index in [4.69, 9.17) is 9.47 Å². The summed E-state index contributed by atoms with van der Waals surface area (Å²) in [4.78, 5) is 12.0. The van der Waals surface area contributed by atoms with Crippen LogP contribution in [0.1, 0.15) is 149 Å². The molecule has 0 aliphatic heterocycles. The molecule has 0 heterocycles. The van der Waals surface area contributed by atoms with Crippen LogP contribution in [-0.4, -0.2) is 37.0 Å². The van der Waals surface area contributed by atoms with Crippen LogP contribution in [-0.2, 0) is 14.3 Å². The molecule has 1 N–H and O–H groups in total. The number of carbonyl (C=O) groups is 1.